The van der Waals surface area contributed by atoms with E-state index in [1.165, 1.54) is 0 Å². The summed E-state index contributed by atoms with van der Waals surface area (Å²) in [4.78, 5) is 13.9. The largest absolute Gasteiger partial charge is 0.454 e. The second-order valence-electron chi connectivity index (χ2n) is 7.66. The SMILES string of the molecule is CS(=O)c1ccc(-c2cccc(NC(=O)C3(c4ccc5c(c4)OCO5)CC3)c2)cc1. The van der Waals surface area contributed by atoms with Gasteiger partial charge in [0, 0.05) is 27.6 Å². The minimum atomic E-state index is -1.00. The van der Waals surface area contributed by atoms with Gasteiger partial charge in [0.05, 0.1) is 5.41 Å². The van der Waals surface area contributed by atoms with Crippen LogP contribution in [0.3, 0.4) is 0 Å². The molecule has 3 aromatic carbocycles. The number of benzene rings is 3. The van der Waals surface area contributed by atoms with E-state index in [2.05, 4.69) is 5.32 Å². The van der Waals surface area contributed by atoms with Gasteiger partial charge in [0.15, 0.2) is 11.5 Å². The number of fused-ring (bicyclic) bond motifs is 1. The maximum Gasteiger partial charge on any atom is 0.235 e. The van der Waals surface area contributed by atoms with Crippen LogP contribution in [0.15, 0.2) is 71.6 Å². The van der Waals surface area contributed by atoms with Crippen LogP contribution in [0, 0.1) is 0 Å². The second kappa shape index (κ2) is 7.29. The number of rotatable bonds is 5. The van der Waals surface area contributed by atoms with Crippen molar-refractivity contribution in [2.75, 3.05) is 18.4 Å². The molecule has 30 heavy (non-hydrogen) atoms. The van der Waals surface area contributed by atoms with Gasteiger partial charge in [0.2, 0.25) is 12.7 Å². The Hall–Kier alpha value is -3.12. The zero-order valence-corrected chi connectivity index (χ0v) is 17.3. The first-order valence-corrected chi connectivity index (χ1v) is 11.4. The average molecular weight is 420 g/mol. The molecule has 0 aromatic heterocycles. The van der Waals surface area contributed by atoms with Crippen molar-refractivity contribution in [3.8, 4) is 22.6 Å². The van der Waals surface area contributed by atoms with Gasteiger partial charge in [0.25, 0.3) is 0 Å². The van der Waals surface area contributed by atoms with E-state index in [4.69, 9.17) is 9.47 Å². The summed E-state index contributed by atoms with van der Waals surface area (Å²) in [6.07, 6.45) is 3.29. The third-order valence-corrected chi connectivity index (χ3v) is 6.69. The van der Waals surface area contributed by atoms with Gasteiger partial charge in [-0.2, -0.15) is 0 Å². The molecule has 1 heterocycles. The highest BCUT2D eigenvalue weighted by Gasteiger charge is 2.51. The topological polar surface area (TPSA) is 64.6 Å². The summed E-state index contributed by atoms with van der Waals surface area (Å²) in [6.45, 7) is 0.222. The summed E-state index contributed by atoms with van der Waals surface area (Å²) in [7, 11) is -1.00. The first-order chi connectivity index (χ1) is 14.5. The molecular weight excluding hydrogens is 398 g/mol. The molecule has 0 saturated heterocycles. The molecule has 0 bridgehead atoms. The van der Waals surface area contributed by atoms with Crippen LogP contribution >= 0.6 is 0 Å². The van der Waals surface area contributed by atoms with E-state index < -0.39 is 16.2 Å². The van der Waals surface area contributed by atoms with Crippen LogP contribution in [0.1, 0.15) is 18.4 Å². The van der Waals surface area contributed by atoms with Gasteiger partial charge in [-0.15, -0.1) is 0 Å². The monoisotopic (exact) mass is 419 g/mol. The Bertz CT molecular complexity index is 1150. The van der Waals surface area contributed by atoms with Crippen LogP contribution in [-0.2, 0) is 21.0 Å². The van der Waals surface area contributed by atoms with E-state index in [0.717, 1.165) is 45.9 Å². The molecule has 1 amide bonds. The lowest BCUT2D eigenvalue weighted by molar-refractivity contribution is -0.118. The number of anilines is 1. The van der Waals surface area contributed by atoms with Crippen molar-refractivity contribution in [2.24, 2.45) is 0 Å². The predicted molar refractivity (Wildman–Crippen MR) is 116 cm³/mol. The number of hydrogen-bond donors (Lipinski definition) is 1. The highest BCUT2D eigenvalue weighted by molar-refractivity contribution is 7.84. The zero-order valence-electron chi connectivity index (χ0n) is 16.5. The summed E-state index contributed by atoms with van der Waals surface area (Å²) in [5, 5.41) is 3.09. The fourth-order valence-corrected chi connectivity index (χ4v) is 4.35. The van der Waals surface area contributed by atoms with Gasteiger partial charge in [-0.25, -0.2) is 0 Å². The molecule has 1 unspecified atom stereocenters. The van der Waals surface area contributed by atoms with Gasteiger partial charge in [-0.3, -0.25) is 9.00 Å². The van der Waals surface area contributed by atoms with Gasteiger partial charge in [-0.1, -0.05) is 30.3 Å². The van der Waals surface area contributed by atoms with Crippen molar-refractivity contribution in [1.29, 1.82) is 0 Å². The van der Waals surface area contributed by atoms with E-state index in [9.17, 15) is 9.00 Å². The molecule has 3 aromatic rings. The van der Waals surface area contributed by atoms with Crippen LogP contribution in [-0.4, -0.2) is 23.2 Å². The van der Waals surface area contributed by atoms with Crippen molar-refractivity contribution >= 4 is 22.4 Å². The number of carbonyl (C=O) groups excluding carboxylic acids is 1. The smallest absolute Gasteiger partial charge is 0.235 e. The fraction of sp³-hybridized carbons (Fsp3) is 0.208. The van der Waals surface area contributed by atoms with Gasteiger partial charge in [-0.05, 0) is 65.9 Å². The lowest BCUT2D eigenvalue weighted by Crippen LogP contribution is -2.27. The zero-order chi connectivity index (χ0) is 20.7. The Balaban J connectivity index is 1.36. The molecule has 1 saturated carbocycles. The molecular formula is C24H21NO4S. The minimum absolute atomic E-state index is 0.00440. The molecule has 1 aliphatic carbocycles. The lowest BCUT2D eigenvalue weighted by Gasteiger charge is -2.17. The summed E-state index contributed by atoms with van der Waals surface area (Å²) in [6, 6.07) is 21.2. The first-order valence-electron chi connectivity index (χ1n) is 9.81. The average Bonchev–Trinajstić information content (AvgIpc) is 3.45. The van der Waals surface area contributed by atoms with Crippen LogP contribution in [0.5, 0.6) is 11.5 Å². The minimum Gasteiger partial charge on any atom is -0.454 e. The molecule has 6 heteroatoms. The Kier molecular flexibility index (Phi) is 4.59. The number of amides is 1. The van der Waals surface area contributed by atoms with Crippen molar-refractivity contribution < 1.29 is 18.5 Å². The molecule has 5 rings (SSSR count). The highest BCUT2D eigenvalue weighted by Crippen LogP contribution is 2.51. The van der Waals surface area contributed by atoms with Crippen molar-refractivity contribution in [3.05, 3.63) is 72.3 Å². The second-order valence-corrected chi connectivity index (χ2v) is 9.04. The number of ether oxygens (including phenoxy) is 2. The van der Waals surface area contributed by atoms with Crippen LogP contribution < -0.4 is 14.8 Å². The van der Waals surface area contributed by atoms with Crippen molar-refractivity contribution in [1.82, 2.24) is 0 Å². The lowest BCUT2D eigenvalue weighted by atomic mass is 9.94. The Morgan fingerprint density at radius 3 is 2.43 bits per heavy atom. The van der Waals surface area contributed by atoms with Crippen LogP contribution in [0.2, 0.25) is 0 Å². The maximum absolute atomic E-state index is 13.1. The molecule has 1 N–H and O–H groups in total. The molecule has 1 fully saturated rings. The molecule has 1 atom stereocenters. The number of carbonyl (C=O) groups is 1. The summed E-state index contributed by atoms with van der Waals surface area (Å²) in [5.41, 5.74) is 3.21. The molecule has 152 valence electrons. The number of hydrogen-bond acceptors (Lipinski definition) is 4. The van der Waals surface area contributed by atoms with Crippen molar-refractivity contribution in [3.63, 3.8) is 0 Å². The summed E-state index contributed by atoms with van der Waals surface area (Å²) in [5.74, 6) is 1.42. The Labute approximate surface area is 177 Å². The standard InChI is InChI=1S/C24H21NO4S/c1-30(27)20-8-5-16(6-9-20)17-3-2-4-19(13-17)25-23(26)24(11-12-24)18-7-10-21-22(14-18)29-15-28-21/h2-10,13-14H,11-12,15H2,1H3,(H,25,26). The molecule has 1 aliphatic heterocycles. The maximum atomic E-state index is 13.1. The quantitative estimate of drug-likeness (QED) is 0.662. The molecule has 0 radical (unpaired) electrons. The van der Waals surface area contributed by atoms with Crippen LogP contribution in [0.4, 0.5) is 5.69 Å². The molecule has 5 nitrogen and oxygen atoms in total. The first kappa shape index (κ1) is 18.9. The third-order valence-electron chi connectivity index (χ3n) is 5.75. The van der Waals surface area contributed by atoms with E-state index in [1.807, 2.05) is 66.7 Å². The fourth-order valence-electron chi connectivity index (χ4n) is 3.83. The van der Waals surface area contributed by atoms with E-state index >= 15 is 0 Å². The Morgan fingerprint density at radius 2 is 1.70 bits per heavy atom. The van der Waals surface area contributed by atoms with Gasteiger partial charge >= 0.3 is 0 Å². The number of nitrogens with one attached hydrogen (secondary N) is 1. The summed E-state index contributed by atoms with van der Waals surface area (Å²) < 4.78 is 22.5. The van der Waals surface area contributed by atoms with Crippen molar-refractivity contribution in [2.45, 2.75) is 23.2 Å². The molecule has 2 aliphatic rings. The molecule has 0 spiro atoms. The predicted octanol–water partition coefficient (Wildman–Crippen LogP) is 4.49. The van der Waals surface area contributed by atoms with E-state index in [1.54, 1.807) is 6.26 Å². The van der Waals surface area contributed by atoms with E-state index in [0.29, 0.717) is 5.75 Å². The highest BCUT2D eigenvalue weighted by atomic mass is 32.2. The van der Waals surface area contributed by atoms with Gasteiger partial charge in [0.1, 0.15) is 0 Å². The third kappa shape index (κ3) is 3.37. The summed E-state index contributed by atoms with van der Waals surface area (Å²) >= 11 is 0. The van der Waals surface area contributed by atoms with E-state index in [-0.39, 0.29) is 12.7 Å². The Morgan fingerprint density at radius 1 is 0.933 bits per heavy atom. The van der Waals surface area contributed by atoms with Crippen LogP contribution in [0.25, 0.3) is 11.1 Å². The normalized spacial score (nSPS) is 16.7. The van der Waals surface area contributed by atoms with Gasteiger partial charge < -0.3 is 14.8 Å².